The Labute approximate surface area is 137 Å². The average Bonchev–Trinajstić information content (AvgIpc) is 3.23. The van der Waals surface area contributed by atoms with Crippen molar-refractivity contribution in [1.29, 1.82) is 0 Å². The molecule has 128 valence electrons. The predicted octanol–water partition coefficient (Wildman–Crippen LogP) is 0.632. The maximum absolute atomic E-state index is 12.4. The van der Waals surface area contributed by atoms with Crippen molar-refractivity contribution in [2.75, 3.05) is 39.3 Å². The lowest BCUT2D eigenvalue weighted by Crippen LogP contribution is -2.49. The predicted molar refractivity (Wildman–Crippen MR) is 86.1 cm³/mol. The highest BCUT2D eigenvalue weighted by Crippen LogP contribution is 2.18. The van der Waals surface area contributed by atoms with Gasteiger partial charge in [-0.1, -0.05) is 19.0 Å². The van der Waals surface area contributed by atoms with E-state index in [1.807, 2.05) is 18.7 Å². The molecular formula is C16H27N5O2. The summed E-state index contributed by atoms with van der Waals surface area (Å²) >= 11 is 0. The van der Waals surface area contributed by atoms with E-state index < -0.39 is 0 Å². The van der Waals surface area contributed by atoms with Crippen LogP contribution in [-0.2, 0) is 11.2 Å². The molecule has 0 aromatic carbocycles. The van der Waals surface area contributed by atoms with Gasteiger partial charge in [0.1, 0.15) is 0 Å². The molecule has 0 spiro atoms. The van der Waals surface area contributed by atoms with Crippen LogP contribution in [0.1, 0.15) is 44.3 Å². The third-order valence-electron chi connectivity index (χ3n) is 4.74. The van der Waals surface area contributed by atoms with E-state index in [1.54, 1.807) is 0 Å². The Bertz CT molecular complexity index is 524. The Kier molecular flexibility index (Phi) is 5.27. The summed E-state index contributed by atoms with van der Waals surface area (Å²) in [6.07, 6.45) is 2.07. The quantitative estimate of drug-likeness (QED) is 0.857. The van der Waals surface area contributed by atoms with E-state index >= 15 is 0 Å². The van der Waals surface area contributed by atoms with Crippen LogP contribution in [0.4, 0.5) is 0 Å². The van der Waals surface area contributed by atoms with Gasteiger partial charge in [0.05, 0.1) is 0 Å². The Morgan fingerprint density at radius 3 is 2.83 bits per heavy atom. The lowest BCUT2D eigenvalue weighted by atomic mass is 10.2. The third-order valence-corrected chi connectivity index (χ3v) is 4.74. The molecule has 0 aliphatic carbocycles. The highest BCUT2D eigenvalue weighted by Gasteiger charge is 2.30. The lowest BCUT2D eigenvalue weighted by molar-refractivity contribution is -0.130. The van der Waals surface area contributed by atoms with Crippen LogP contribution in [0.3, 0.4) is 0 Å². The number of nitrogens with one attached hydrogen (secondary N) is 1. The fourth-order valence-electron chi connectivity index (χ4n) is 3.29. The SMILES string of the molecule is CC(C)c1noc(CCC(=O)N2CCC(N3CCNCC3)C2)n1. The van der Waals surface area contributed by atoms with Crippen LogP contribution in [0, 0.1) is 0 Å². The summed E-state index contributed by atoms with van der Waals surface area (Å²) in [5.41, 5.74) is 0. The van der Waals surface area contributed by atoms with Crippen molar-refractivity contribution >= 4 is 5.91 Å². The molecular weight excluding hydrogens is 294 g/mol. The van der Waals surface area contributed by atoms with Gasteiger partial charge in [0.2, 0.25) is 11.8 Å². The van der Waals surface area contributed by atoms with E-state index in [0.717, 1.165) is 45.7 Å². The van der Waals surface area contributed by atoms with E-state index in [9.17, 15) is 4.79 Å². The van der Waals surface area contributed by atoms with Gasteiger partial charge in [-0.15, -0.1) is 0 Å². The zero-order chi connectivity index (χ0) is 16.2. The van der Waals surface area contributed by atoms with Crippen LogP contribution in [0.15, 0.2) is 4.52 Å². The molecule has 7 heteroatoms. The molecule has 2 saturated heterocycles. The molecule has 1 atom stereocenters. The topological polar surface area (TPSA) is 74.5 Å². The fraction of sp³-hybridized carbons (Fsp3) is 0.812. The second-order valence-corrected chi connectivity index (χ2v) is 6.77. The summed E-state index contributed by atoms with van der Waals surface area (Å²) in [5, 5.41) is 7.32. The summed E-state index contributed by atoms with van der Waals surface area (Å²) in [5.74, 6) is 1.74. The number of piperazine rings is 1. The second-order valence-electron chi connectivity index (χ2n) is 6.77. The summed E-state index contributed by atoms with van der Waals surface area (Å²) in [6.45, 7) is 10.1. The zero-order valence-electron chi connectivity index (χ0n) is 14.1. The molecule has 3 heterocycles. The number of hydrogen-bond acceptors (Lipinski definition) is 6. The van der Waals surface area contributed by atoms with Gasteiger partial charge in [-0.2, -0.15) is 4.98 Å². The van der Waals surface area contributed by atoms with Gasteiger partial charge >= 0.3 is 0 Å². The molecule has 1 amide bonds. The van der Waals surface area contributed by atoms with Crippen LogP contribution in [0.5, 0.6) is 0 Å². The Morgan fingerprint density at radius 2 is 2.13 bits per heavy atom. The van der Waals surface area contributed by atoms with Crippen LogP contribution < -0.4 is 5.32 Å². The first-order chi connectivity index (χ1) is 11.1. The number of likely N-dealkylation sites (tertiary alicyclic amines) is 1. The number of hydrogen-bond donors (Lipinski definition) is 1. The summed E-state index contributed by atoms with van der Waals surface area (Å²) < 4.78 is 5.21. The highest BCUT2D eigenvalue weighted by molar-refractivity contribution is 5.76. The van der Waals surface area contributed by atoms with Gasteiger partial charge in [-0.05, 0) is 6.42 Å². The van der Waals surface area contributed by atoms with E-state index in [1.165, 1.54) is 0 Å². The fourth-order valence-corrected chi connectivity index (χ4v) is 3.29. The molecule has 1 unspecified atom stereocenters. The molecule has 23 heavy (non-hydrogen) atoms. The van der Waals surface area contributed by atoms with Gasteiger partial charge in [0.15, 0.2) is 5.82 Å². The van der Waals surface area contributed by atoms with Gasteiger partial charge in [-0.3, -0.25) is 9.69 Å². The number of rotatable bonds is 5. The molecule has 1 aromatic heterocycles. The van der Waals surface area contributed by atoms with Crippen LogP contribution in [-0.4, -0.2) is 71.2 Å². The van der Waals surface area contributed by atoms with Crippen molar-refractivity contribution in [3.05, 3.63) is 11.7 Å². The van der Waals surface area contributed by atoms with Crippen molar-refractivity contribution < 1.29 is 9.32 Å². The molecule has 2 fully saturated rings. The van der Waals surface area contributed by atoms with Gasteiger partial charge in [-0.25, -0.2) is 0 Å². The minimum atomic E-state index is 0.201. The zero-order valence-corrected chi connectivity index (χ0v) is 14.1. The summed E-state index contributed by atoms with van der Waals surface area (Å²) in [7, 11) is 0. The van der Waals surface area contributed by atoms with E-state index in [-0.39, 0.29) is 11.8 Å². The normalized spacial score (nSPS) is 22.9. The Morgan fingerprint density at radius 1 is 1.35 bits per heavy atom. The van der Waals surface area contributed by atoms with Crippen molar-refractivity contribution in [2.24, 2.45) is 0 Å². The number of nitrogens with zero attached hydrogens (tertiary/aromatic N) is 4. The number of aromatic nitrogens is 2. The van der Waals surface area contributed by atoms with Crippen LogP contribution in [0.2, 0.25) is 0 Å². The number of aryl methyl sites for hydroxylation is 1. The molecule has 0 bridgehead atoms. The first kappa shape index (κ1) is 16.4. The first-order valence-electron chi connectivity index (χ1n) is 8.68. The van der Waals surface area contributed by atoms with Crippen LogP contribution in [0.25, 0.3) is 0 Å². The maximum Gasteiger partial charge on any atom is 0.227 e. The Hall–Kier alpha value is -1.47. The van der Waals surface area contributed by atoms with Crippen molar-refractivity contribution in [1.82, 2.24) is 25.3 Å². The van der Waals surface area contributed by atoms with Gasteiger partial charge in [0, 0.05) is 64.1 Å². The number of carbonyl (C=O) groups excluding carboxylic acids is 1. The Balaban J connectivity index is 1.45. The minimum absolute atomic E-state index is 0.201. The first-order valence-corrected chi connectivity index (χ1v) is 8.68. The van der Waals surface area contributed by atoms with Crippen LogP contribution >= 0.6 is 0 Å². The summed E-state index contributed by atoms with van der Waals surface area (Å²) in [4.78, 5) is 21.2. The molecule has 3 rings (SSSR count). The molecule has 2 aliphatic heterocycles. The van der Waals surface area contributed by atoms with E-state index in [4.69, 9.17) is 4.52 Å². The lowest BCUT2D eigenvalue weighted by Gasteiger charge is -2.32. The molecule has 0 radical (unpaired) electrons. The van der Waals surface area contributed by atoms with Crippen molar-refractivity contribution in [2.45, 2.75) is 45.1 Å². The third kappa shape index (κ3) is 4.09. The monoisotopic (exact) mass is 321 g/mol. The number of carbonyl (C=O) groups is 1. The minimum Gasteiger partial charge on any atom is -0.341 e. The highest BCUT2D eigenvalue weighted by atomic mass is 16.5. The van der Waals surface area contributed by atoms with Gasteiger partial charge < -0.3 is 14.7 Å². The molecule has 7 nitrogen and oxygen atoms in total. The van der Waals surface area contributed by atoms with E-state index in [2.05, 4.69) is 20.4 Å². The summed E-state index contributed by atoms with van der Waals surface area (Å²) in [6, 6.07) is 0.525. The average molecular weight is 321 g/mol. The van der Waals surface area contributed by atoms with Crippen molar-refractivity contribution in [3.63, 3.8) is 0 Å². The molecule has 2 aliphatic rings. The molecule has 0 saturated carbocycles. The van der Waals surface area contributed by atoms with Gasteiger partial charge in [0.25, 0.3) is 0 Å². The molecule has 1 N–H and O–H groups in total. The molecule has 1 aromatic rings. The van der Waals surface area contributed by atoms with E-state index in [0.29, 0.717) is 30.6 Å². The smallest absolute Gasteiger partial charge is 0.227 e. The maximum atomic E-state index is 12.4. The second kappa shape index (κ2) is 7.40. The van der Waals surface area contributed by atoms with Crippen molar-refractivity contribution in [3.8, 4) is 0 Å². The standard InChI is InChI=1S/C16H27N5O2/c1-12(2)16-18-14(23-19-16)3-4-15(22)21-8-5-13(11-21)20-9-6-17-7-10-20/h12-13,17H,3-11H2,1-2H3. The number of amides is 1. The largest absolute Gasteiger partial charge is 0.341 e.